The summed E-state index contributed by atoms with van der Waals surface area (Å²) in [5.41, 5.74) is 9.99. The number of thiophene rings is 1. The molecule has 3 rings (SSSR count). The molecule has 3 aromatic rings. The van der Waals surface area contributed by atoms with E-state index in [0.717, 1.165) is 35.5 Å². The Morgan fingerprint density at radius 2 is 2.22 bits per heavy atom. The molecule has 4 heteroatoms. The maximum atomic E-state index is 5.88. The predicted octanol–water partition coefficient (Wildman–Crippen LogP) is 3.76. The Kier molecular flexibility index (Phi) is 2.80. The number of aromatic nitrogens is 2. The van der Waals surface area contributed by atoms with Gasteiger partial charge >= 0.3 is 0 Å². The zero-order chi connectivity index (χ0) is 12.5. The SMILES string of the molecule is CCCn1c(-c2ccsc2)nc2ccc(N)cc21. The first-order valence-corrected chi connectivity index (χ1v) is 7.02. The first-order valence-electron chi connectivity index (χ1n) is 6.08. The highest BCUT2D eigenvalue weighted by Crippen LogP contribution is 2.27. The third-order valence-electron chi connectivity index (χ3n) is 3.00. The Bertz CT molecular complexity index is 668. The Balaban J connectivity index is 2.27. The fourth-order valence-electron chi connectivity index (χ4n) is 2.20. The topological polar surface area (TPSA) is 43.8 Å². The van der Waals surface area contributed by atoms with Gasteiger partial charge in [-0.05, 0) is 36.1 Å². The predicted molar refractivity (Wildman–Crippen MR) is 77.7 cm³/mol. The van der Waals surface area contributed by atoms with E-state index >= 15 is 0 Å². The second-order valence-electron chi connectivity index (χ2n) is 4.35. The Hall–Kier alpha value is -1.81. The van der Waals surface area contributed by atoms with Crippen LogP contribution in [0.3, 0.4) is 0 Å². The minimum absolute atomic E-state index is 0.789. The summed E-state index contributed by atoms with van der Waals surface area (Å²) >= 11 is 1.70. The number of benzene rings is 1. The highest BCUT2D eigenvalue weighted by atomic mass is 32.1. The lowest BCUT2D eigenvalue weighted by atomic mass is 10.2. The monoisotopic (exact) mass is 257 g/mol. The van der Waals surface area contributed by atoms with Crippen molar-refractivity contribution in [1.29, 1.82) is 0 Å². The van der Waals surface area contributed by atoms with E-state index in [1.54, 1.807) is 11.3 Å². The van der Waals surface area contributed by atoms with Crippen molar-refractivity contribution in [1.82, 2.24) is 9.55 Å². The van der Waals surface area contributed by atoms with Gasteiger partial charge in [-0.2, -0.15) is 11.3 Å². The van der Waals surface area contributed by atoms with Crippen LogP contribution in [0.5, 0.6) is 0 Å². The molecule has 0 fully saturated rings. The minimum Gasteiger partial charge on any atom is -0.399 e. The summed E-state index contributed by atoms with van der Waals surface area (Å²) in [7, 11) is 0. The van der Waals surface area contributed by atoms with Crippen LogP contribution in [-0.4, -0.2) is 9.55 Å². The van der Waals surface area contributed by atoms with Crippen LogP contribution in [0.4, 0.5) is 5.69 Å². The van der Waals surface area contributed by atoms with Gasteiger partial charge in [-0.15, -0.1) is 0 Å². The summed E-state index contributed by atoms with van der Waals surface area (Å²) in [6.45, 7) is 3.14. The average Bonchev–Trinajstić information content (AvgIpc) is 2.98. The van der Waals surface area contributed by atoms with E-state index in [0.29, 0.717) is 0 Å². The summed E-state index contributed by atoms with van der Waals surface area (Å²) < 4.78 is 2.26. The summed E-state index contributed by atoms with van der Waals surface area (Å²) in [5.74, 6) is 1.04. The Labute approximate surface area is 110 Å². The number of imidazole rings is 1. The maximum Gasteiger partial charge on any atom is 0.141 e. The lowest BCUT2D eigenvalue weighted by Gasteiger charge is -2.06. The number of hydrogen-bond acceptors (Lipinski definition) is 3. The van der Waals surface area contributed by atoms with E-state index in [-0.39, 0.29) is 0 Å². The van der Waals surface area contributed by atoms with Crippen LogP contribution in [0.2, 0.25) is 0 Å². The summed E-state index contributed by atoms with van der Waals surface area (Å²) in [6, 6.07) is 8.02. The standard InChI is InChI=1S/C14H15N3S/c1-2-6-17-13-8-11(15)3-4-12(13)16-14(17)10-5-7-18-9-10/h3-5,7-9H,2,6,15H2,1H3. The third kappa shape index (κ3) is 1.78. The first-order chi connectivity index (χ1) is 8.79. The summed E-state index contributed by atoms with van der Waals surface area (Å²) in [4.78, 5) is 4.73. The number of rotatable bonds is 3. The molecule has 92 valence electrons. The molecule has 0 saturated carbocycles. The van der Waals surface area contributed by atoms with Crippen molar-refractivity contribution >= 4 is 28.1 Å². The molecule has 2 heterocycles. The largest absolute Gasteiger partial charge is 0.399 e. The zero-order valence-corrected chi connectivity index (χ0v) is 11.1. The molecule has 0 saturated heterocycles. The van der Waals surface area contributed by atoms with Gasteiger partial charge in [-0.3, -0.25) is 0 Å². The number of fused-ring (bicyclic) bond motifs is 1. The van der Waals surface area contributed by atoms with E-state index in [1.807, 2.05) is 18.2 Å². The molecular formula is C14H15N3S. The van der Waals surface area contributed by atoms with Crippen LogP contribution in [0, 0.1) is 0 Å². The van der Waals surface area contributed by atoms with E-state index < -0.39 is 0 Å². The molecule has 0 bridgehead atoms. The van der Waals surface area contributed by atoms with Crippen LogP contribution in [-0.2, 0) is 6.54 Å². The number of hydrogen-bond donors (Lipinski definition) is 1. The molecule has 1 aromatic carbocycles. The molecule has 0 unspecified atom stereocenters. The van der Waals surface area contributed by atoms with Gasteiger partial charge in [0.2, 0.25) is 0 Å². The Morgan fingerprint density at radius 1 is 1.33 bits per heavy atom. The Morgan fingerprint density at radius 3 is 2.94 bits per heavy atom. The molecule has 2 aromatic heterocycles. The molecule has 0 radical (unpaired) electrons. The van der Waals surface area contributed by atoms with Gasteiger partial charge in [0.05, 0.1) is 11.0 Å². The molecule has 0 atom stereocenters. The van der Waals surface area contributed by atoms with Crippen LogP contribution in [0.25, 0.3) is 22.4 Å². The lowest BCUT2D eigenvalue weighted by Crippen LogP contribution is -1.99. The molecular weight excluding hydrogens is 242 g/mol. The fourth-order valence-corrected chi connectivity index (χ4v) is 2.84. The van der Waals surface area contributed by atoms with Crippen molar-refractivity contribution in [2.45, 2.75) is 19.9 Å². The van der Waals surface area contributed by atoms with Gasteiger partial charge < -0.3 is 10.3 Å². The molecule has 3 nitrogen and oxygen atoms in total. The number of nitrogens with zero attached hydrogens (tertiary/aromatic N) is 2. The smallest absolute Gasteiger partial charge is 0.141 e. The number of nitrogens with two attached hydrogens (primary N) is 1. The molecule has 2 N–H and O–H groups in total. The summed E-state index contributed by atoms with van der Waals surface area (Å²) in [5, 5.41) is 4.22. The van der Waals surface area contributed by atoms with Gasteiger partial charge in [0, 0.05) is 23.2 Å². The van der Waals surface area contributed by atoms with E-state index in [4.69, 9.17) is 10.7 Å². The molecule has 0 amide bonds. The second kappa shape index (κ2) is 4.46. The van der Waals surface area contributed by atoms with Crippen LogP contribution in [0.15, 0.2) is 35.0 Å². The van der Waals surface area contributed by atoms with E-state index in [1.165, 1.54) is 5.56 Å². The van der Waals surface area contributed by atoms with Crippen molar-refractivity contribution < 1.29 is 0 Å². The third-order valence-corrected chi connectivity index (χ3v) is 3.68. The number of aryl methyl sites for hydroxylation is 1. The van der Waals surface area contributed by atoms with Gasteiger partial charge in [0.25, 0.3) is 0 Å². The minimum atomic E-state index is 0.789. The summed E-state index contributed by atoms with van der Waals surface area (Å²) in [6.07, 6.45) is 1.08. The highest BCUT2D eigenvalue weighted by molar-refractivity contribution is 7.08. The highest BCUT2D eigenvalue weighted by Gasteiger charge is 2.12. The van der Waals surface area contributed by atoms with Gasteiger partial charge in [-0.1, -0.05) is 6.92 Å². The number of anilines is 1. The van der Waals surface area contributed by atoms with Gasteiger partial charge in [0.15, 0.2) is 0 Å². The van der Waals surface area contributed by atoms with Crippen molar-refractivity contribution in [2.75, 3.05) is 5.73 Å². The van der Waals surface area contributed by atoms with Crippen LogP contribution >= 0.6 is 11.3 Å². The zero-order valence-electron chi connectivity index (χ0n) is 10.3. The van der Waals surface area contributed by atoms with Crippen LogP contribution < -0.4 is 5.73 Å². The quantitative estimate of drug-likeness (QED) is 0.726. The van der Waals surface area contributed by atoms with Crippen molar-refractivity contribution in [3.05, 3.63) is 35.0 Å². The molecule has 0 aliphatic heterocycles. The maximum absolute atomic E-state index is 5.88. The van der Waals surface area contributed by atoms with Crippen molar-refractivity contribution in [2.24, 2.45) is 0 Å². The van der Waals surface area contributed by atoms with Crippen LogP contribution in [0.1, 0.15) is 13.3 Å². The average molecular weight is 257 g/mol. The number of nitrogen functional groups attached to an aromatic ring is 1. The van der Waals surface area contributed by atoms with E-state index in [2.05, 4.69) is 28.3 Å². The first kappa shape index (κ1) is 11.3. The van der Waals surface area contributed by atoms with Crippen molar-refractivity contribution in [3.63, 3.8) is 0 Å². The molecule has 0 aliphatic carbocycles. The lowest BCUT2D eigenvalue weighted by molar-refractivity contribution is 0.704. The van der Waals surface area contributed by atoms with Gasteiger partial charge in [0.1, 0.15) is 5.82 Å². The normalized spacial score (nSPS) is 11.2. The van der Waals surface area contributed by atoms with Crippen molar-refractivity contribution in [3.8, 4) is 11.4 Å². The molecule has 18 heavy (non-hydrogen) atoms. The second-order valence-corrected chi connectivity index (χ2v) is 5.13. The molecule has 0 aliphatic rings. The molecule has 0 spiro atoms. The fraction of sp³-hybridized carbons (Fsp3) is 0.214. The van der Waals surface area contributed by atoms with Gasteiger partial charge in [-0.25, -0.2) is 4.98 Å². The van der Waals surface area contributed by atoms with E-state index in [9.17, 15) is 0 Å².